The topological polar surface area (TPSA) is 69.3 Å². The van der Waals surface area contributed by atoms with E-state index in [2.05, 4.69) is 9.97 Å². The molecule has 1 atom stereocenters. The molecule has 1 N–H and O–H groups in total. The van der Waals surface area contributed by atoms with Crippen LogP contribution in [0.4, 0.5) is 0 Å². The van der Waals surface area contributed by atoms with Crippen molar-refractivity contribution in [2.45, 2.75) is 64.5 Å². The number of nitrogens with one attached hydrogen (secondary N) is 1. The summed E-state index contributed by atoms with van der Waals surface area (Å²) in [5.41, 5.74) is 1.09. The maximum Gasteiger partial charge on any atom is 0.248 e. The van der Waals surface area contributed by atoms with E-state index >= 15 is 0 Å². The van der Waals surface area contributed by atoms with Crippen LogP contribution < -0.4 is 0 Å². The van der Waals surface area contributed by atoms with Gasteiger partial charge in [0.05, 0.1) is 18.4 Å². The molecule has 126 valence electrons. The third-order valence-corrected chi connectivity index (χ3v) is 5.31. The van der Waals surface area contributed by atoms with Crippen molar-refractivity contribution in [2.75, 3.05) is 13.1 Å². The molecule has 0 radical (unpaired) electrons. The lowest BCUT2D eigenvalue weighted by Gasteiger charge is -2.46. The monoisotopic (exact) mass is 318 g/mol. The van der Waals surface area contributed by atoms with Gasteiger partial charge in [0.2, 0.25) is 11.8 Å². The molecule has 3 heterocycles. The summed E-state index contributed by atoms with van der Waals surface area (Å²) in [6.07, 6.45) is 5.34. The van der Waals surface area contributed by atoms with Crippen LogP contribution in [0.1, 0.15) is 50.9 Å². The Balaban J connectivity index is 1.83. The maximum absolute atomic E-state index is 13.1. The highest BCUT2D eigenvalue weighted by atomic mass is 16.2. The highest BCUT2D eigenvalue weighted by Crippen LogP contribution is 2.39. The van der Waals surface area contributed by atoms with E-state index in [4.69, 9.17) is 0 Å². The number of piperidine rings is 1. The van der Waals surface area contributed by atoms with Crippen LogP contribution in [-0.2, 0) is 16.0 Å². The summed E-state index contributed by atoms with van der Waals surface area (Å²) >= 11 is 0. The SMILES string of the molecule is Cc1[nH]cnc1CC(=O)N1CCCC12CCCN(C(C)C)C2=O. The Morgan fingerprint density at radius 2 is 2.04 bits per heavy atom. The number of aromatic amines is 1. The summed E-state index contributed by atoms with van der Waals surface area (Å²) in [5, 5.41) is 0. The predicted molar refractivity (Wildman–Crippen MR) is 86.8 cm³/mol. The largest absolute Gasteiger partial charge is 0.348 e. The third kappa shape index (κ3) is 2.64. The van der Waals surface area contributed by atoms with Crippen LogP contribution >= 0.6 is 0 Å². The van der Waals surface area contributed by atoms with Gasteiger partial charge >= 0.3 is 0 Å². The molecular weight excluding hydrogens is 292 g/mol. The Morgan fingerprint density at radius 1 is 1.35 bits per heavy atom. The number of H-pyrrole nitrogens is 1. The number of hydrogen-bond acceptors (Lipinski definition) is 3. The Hall–Kier alpha value is -1.85. The lowest BCUT2D eigenvalue weighted by Crippen LogP contribution is -2.62. The second-order valence-electron chi connectivity index (χ2n) is 7.03. The first kappa shape index (κ1) is 16.0. The van der Waals surface area contributed by atoms with E-state index < -0.39 is 5.54 Å². The number of likely N-dealkylation sites (tertiary alicyclic amines) is 2. The van der Waals surface area contributed by atoms with Crippen molar-refractivity contribution >= 4 is 11.8 Å². The van der Waals surface area contributed by atoms with Crippen LogP contribution in [0.3, 0.4) is 0 Å². The van der Waals surface area contributed by atoms with Crippen LogP contribution in [0, 0.1) is 6.92 Å². The highest BCUT2D eigenvalue weighted by Gasteiger charge is 2.52. The van der Waals surface area contributed by atoms with Crippen molar-refractivity contribution in [3.63, 3.8) is 0 Å². The number of hydrogen-bond donors (Lipinski definition) is 1. The van der Waals surface area contributed by atoms with Gasteiger partial charge in [-0.15, -0.1) is 0 Å². The minimum Gasteiger partial charge on any atom is -0.348 e. The fourth-order valence-corrected chi connectivity index (χ4v) is 4.04. The number of aromatic nitrogens is 2. The van der Waals surface area contributed by atoms with Gasteiger partial charge in [-0.1, -0.05) is 0 Å². The van der Waals surface area contributed by atoms with Crippen molar-refractivity contribution in [1.82, 2.24) is 19.8 Å². The Bertz CT molecular complexity index is 609. The van der Waals surface area contributed by atoms with Gasteiger partial charge in [0.25, 0.3) is 0 Å². The summed E-state index contributed by atoms with van der Waals surface area (Å²) < 4.78 is 0. The lowest BCUT2D eigenvalue weighted by molar-refractivity contribution is -0.156. The van der Waals surface area contributed by atoms with E-state index in [1.807, 2.05) is 30.6 Å². The van der Waals surface area contributed by atoms with Gasteiger partial charge < -0.3 is 14.8 Å². The molecule has 0 bridgehead atoms. The van der Waals surface area contributed by atoms with Gasteiger partial charge in [-0.25, -0.2) is 4.98 Å². The number of amides is 2. The molecule has 1 aromatic rings. The van der Waals surface area contributed by atoms with E-state index in [9.17, 15) is 9.59 Å². The molecule has 2 aliphatic rings. The van der Waals surface area contributed by atoms with Crippen LogP contribution in [0.5, 0.6) is 0 Å². The Labute approximate surface area is 137 Å². The highest BCUT2D eigenvalue weighted by molar-refractivity contribution is 5.93. The van der Waals surface area contributed by atoms with Gasteiger partial charge in [0.15, 0.2) is 0 Å². The summed E-state index contributed by atoms with van der Waals surface area (Å²) in [5.74, 6) is 0.167. The molecule has 3 rings (SSSR count). The number of carbonyl (C=O) groups is 2. The molecule has 2 fully saturated rings. The summed E-state index contributed by atoms with van der Waals surface area (Å²) in [7, 11) is 0. The van der Waals surface area contributed by atoms with E-state index in [0.717, 1.165) is 43.6 Å². The van der Waals surface area contributed by atoms with Crippen LogP contribution in [0.25, 0.3) is 0 Å². The van der Waals surface area contributed by atoms with Gasteiger partial charge in [0.1, 0.15) is 5.54 Å². The fraction of sp³-hybridized carbons (Fsp3) is 0.706. The van der Waals surface area contributed by atoms with Crippen LogP contribution in [0.2, 0.25) is 0 Å². The van der Waals surface area contributed by atoms with Crippen molar-refractivity contribution in [3.05, 3.63) is 17.7 Å². The van der Waals surface area contributed by atoms with E-state index in [-0.39, 0.29) is 24.3 Å². The first-order valence-corrected chi connectivity index (χ1v) is 8.56. The number of rotatable bonds is 3. The molecule has 1 unspecified atom stereocenters. The zero-order valence-electron chi connectivity index (χ0n) is 14.3. The fourth-order valence-electron chi connectivity index (χ4n) is 4.04. The van der Waals surface area contributed by atoms with Gasteiger partial charge in [0, 0.05) is 24.8 Å². The molecule has 2 saturated heterocycles. The molecular formula is C17H26N4O2. The standard InChI is InChI=1S/C17H26N4O2/c1-12(2)20-8-4-6-17(16(20)23)7-5-9-21(17)15(22)10-14-13(3)18-11-19-14/h11-12H,4-10H2,1-3H3,(H,18,19). The Kier molecular flexibility index (Phi) is 4.17. The van der Waals surface area contributed by atoms with Crippen molar-refractivity contribution in [1.29, 1.82) is 0 Å². The second kappa shape index (κ2) is 5.98. The molecule has 0 aliphatic carbocycles. The quantitative estimate of drug-likeness (QED) is 0.921. The molecule has 0 aromatic carbocycles. The summed E-state index contributed by atoms with van der Waals surface area (Å²) in [4.78, 5) is 37.0. The second-order valence-corrected chi connectivity index (χ2v) is 7.03. The molecule has 6 nitrogen and oxygen atoms in total. The van der Waals surface area contributed by atoms with Gasteiger partial charge in [-0.2, -0.15) is 0 Å². The first-order valence-electron chi connectivity index (χ1n) is 8.56. The molecule has 2 aliphatic heterocycles. The predicted octanol–water partition coefficient (Wildman–Crippen LogP) is 1.65. The van der Waals surface area contributed by atoms with Crippen LogP contribution in [-0.4, -0.2) is 56.3 Å². The van der Waals surface area contributed by atoms with Gasteiger partial charge in [-0.3, -0.25) is 9.59 Å². The summed E-state index contributed by atoms with van der Waals surface area (Å²) in [6.45, 7) is 7.50. The van der Waals surface area contributed by atoms with E-state index in [0.29, 0.717) is 6.54 Å². The number of nitrogens with zero attached hydrogens (tertiary/aromatic N) is 3. The number of carbonyl (C=O) groups excluding carboxylic acids is 2. The van der Waals surface area contributed by atoms with E-state index in [1.165, 1.54) is 0 Å². The zero-order valence-corrected chi connectivity index (χ0v) is 14.3. The van der Waals surface area contributed by atoms with Crippen molar-refractivity contribution in [3.8, 4) is 0 Å². The number of aryl methyl sites for hydroxylation is 1. The molecule has 1 aromatic heterocycles. The molecule has 1 spiro atoms. The van der Waals surface area contributed by atoms with E-state index in [1.54, 1.807) is 6.33 Å². The minimum atomic E-state index is -0.607. The molecule has 2 amide bonds. The number of imidazole rings is 1. The average Bonchev–Trinajstić information content (AvgIpc) is 3.09. The third-order valence-electron chi connectivity index (χ3n) is 5.31. The zero-order chi connectivity index (χ0) is 16.6. The maximum atomic E-state index is 13.1. The molecule has 6 heteroatoms. The normalized spacial score (nSPS) is 25.0. The van der Waals surface area contributed by atoms with Crippen molar-refractivity contribution < 1.29 is 9.59 Å². The summed E-state index contributed by atoms with van der Waals surface area (Å²) in [6, 6.07) is 0.186. The Morgan fingerprint density at radius 3 is 2.65 bits per heavy atom. The minimum absolute atomic E-state index is 0.0247. The lowest BCUT2D eigenvalue weighted by atomic mass is 9.84. The first-order chi connectivity index (χ1) is 11.0. The smallest absolute Gasteiger partial charge is 0.248 e. The molecule has 0 saturated carbocycles. The average molecular weight is 318 g/mol. The van der Waals surface area contributed by atoms with Crippen molar-refractivity contribution in [2.24, 2.45) is 0 Å². The molecule has 23 heavy (non-hydrogen) atoms. The van der Waals surface area contributed by atoms with Gasteiger partial charge in [-0.05, 0) is 46.5 Å². The van der Waals surface area contributed by atoms with Crippen LogP contribution in [0.15, 0.2) is 6.33 Å².